The highest BCUT2D eigenvalue weighted by molar-refractivity contribution is 7.22. The number of anilines is 1. The third kappa shape index (κ3) is 3.55. The third-order valence-electron chi connectivity index (χ3n) is 4.73. The molecule has 2 heterocycles. The number of aromatic nitrogens is 1. The lowest BCUT2D eigenvalue weighted by Gasteiger charge is -2.24. The van der Waals surface area contributed by atoms with Gasteiger partial charge in [0.25, 0.3) is 5.91 Å². The number of hydrogen-bond acceptors (Lipinski definition) is 5. The van der Waals surface area contributed by atoms with E-state index in [9.17, 15) is 9.59 Å². The summed E-state index contributed by atoms with van der Waals surface area (Å²) in [5.41, 5.74) is 1.19. The minimum Gasteiger partial charge on any atom is -0.496 e. The van der Waals surface area contributed by atoms with Crippen LogP contribution in [0, 0.1) is 0 Å². The van der Waals surface area contributed by atoms with Crippen LogP contribution in [0.1, 0.15) is 23.2 Å². The highest BCUT2D eigenvalue weighted by atomic mass is 35.5. The van der Waals surface area contributed by atoms with Gasteiger partial charge in [0.15, 0.2) is 5.13 Å². The first-order chi connectivity index (χ1) is 13.6. The Balaban J connectivity index is 1.55. The number of likely N-dealkylation sites (tertiary alicyclic amines) is 1. The zero-order chi connectivity index (χ0) is 19.7. The minimum absolute atomic E-state index is 0.231. The van der Waals surface area contributed by atoms with Crippen molar-refractivity contribution in [3.8, 4) is 5.75 Å². The molecule has 0 saturated carbocycles. The fraction of sp³-hybridized carbons (Fsp3) is 0.250. The second-order valence-electron chi connectivity index (χ2n) is 6.48. The van der Waals surface area contributed by atoms with E-state index in [1.54, 1.807) is 23.1 Å². The van der Waals surface area contributed by atoms with Crippen molar-refractivity contribution < 1.29 is 14.3 Å². The molecule has 8 heteroatoms. The molecule has 1 fully saturated rings. The third-order valence-corrected chi connectivity index (χ3v) is 5.92. The highest BCUT2D eigenvalue weighted by Crippen LogP contribution is 2.29. The molecule has 0 spiro atoms. The number of hydrogen-bond donors (Lipinski definition) is 1. The summed E-state index contributed by atoms with van der Waals surface area (Å²) in [6.45, 7) is 0.506. The van der Waals surface area contributed by atoms with Gasteiger partial charge >= 0.3 is 0 Å². The molecule has 0 aliphatic carbocycles. The van der Waals surface area contributed by atoms with Crippen LogP contribution in [0.5, 0.6) is 5.75 Å². The average Bonchev–Trinajstić information content (AvgIpc) is 3.33. The van der Waals surface area contributed by atoms with E-state index in [-0.39, 0.29) is 11.8 Å². The van der Waals surface area contributed by atoms with Crippen molar-refractivity contribution in [2.75, 3.05) is 19.0 Å². The van der Waals surface area contributed by atoms with Gasteiger partial charge in [-0.3, -0.25) is 9.59 Å². The number of carbonyl (C=O) groups is 2. The quantitative estimate of drug-likeness (QED) is 0.693. The average molecular weight is 416 g/mol. The molecule has 6 nitrogen and oxygen atoms in total. The van der Waals surface area contributed by atoms with Gasteiger partial charge in [-0.15, -0.1) is 0 Å². The number of fused-ring (bicyclic) bond motifs is 1. The Morgan fingerprint density at radius 3 is 2.89 bits per heavy atom. The predicted octanol–water partition coefficient (Wildman–Crippen LogP) is 4.20. The van der Waals surface area contributed by atoms with Crippen LogP contribution >= 0.6 is 22.9 Å². The summed E-state index contributed by atoms with van der Waals surface area (Å²) in [5.74, 6) is -0.0566. The van der Waals surface area contributed by atoms with Crippen LogP contribution in [0.25, 0.3) is 10.2 Å². The van der Waals surface area contributed by atoms with Gasteiger partial charge in [0, 0.05) is 11.6 Å². The van der Waals surface area contributed by atoms with Crippen LogP contribution in [-0.2, 0) is 4.79 Å². The Kier molecular flexibility index (Phi) is 5.19. The number of nitrogens with zero attached hydrogens (tertiary/aromatic N) is 2. The van der Waals surface area contributed by atoms with Crippen molar-refractivity contribution in [3.05, 3.63) is 53.1 Å². The molecular weight excluding hydrogens is 398 g/mol. The summed E-state index contributed by atoms with van der Waals surface area (Å²) < 4.78 is 6.29. The van der Waals surface area contributed by atoms with Crippen molar-refractivity contribution in [3.63, 3.8) is 0 Å². The number of benzene rings is 2. The van der Waals surface area contributed by atoms with E-state index in [1.807, 2.05) is 24.3 Å². The van der Waals surface area contributed by atoms with Gasteiger partial charge in [0.1, 0.15) is 11.8 Å². The first-order valence-corrected chi connectivity index (χ1v) is 10.1. The molecule has 2 aromatic carbocycles. The van der Waals surface area contributed by atoms with Gasteiger partial charge < -0.3 is 15.0 Å². The minimum atomic E-state index is -0.553. The molecule has 1 aromatic heterocycles. The van der Waals surface area contributed by atoms with Gasteiger partial charge in [-0.25, -0.2) is 4.98 Å². The smallest absolute Gasteiger partial charge is 0.258 e. The van der Waals surface area contributed by atoms with Gasteiger partial charge in [0.2, 0.25) is 5.91 Å². The summed E-state index contributed by atoms with van der Waals surface area (Å²) in [6, 6.07) is 12.0. The Morgan fingerprint density at radius 1 is 1.29 bits per heavy atom. The zero-order valence-corrected chi connectivity index (χ0v) is 16.7. The van der Waals surface area contributed by atoms with Crippen LogP contribution in [0.4, 0.5) is 5.13 Å². The van der Waals surface area contributed by atoms with Crippen molar-refractivity contribution in [2.24, 2.45) is 0 Å². The topological polar surface area (TPSA) is 71.5 Å². The van der Waals surface area contributed by atoms with Crippen LogP contribution in [0.15, 0.2) is 42.5 Å². The van der Waals surface area contributed by atoms with E-state index in [4.69, 9.17) is 16.3 Å². The summed E-state index contributed by atoms with van der Waals surface area (Å²) in [4.78, 5) is 32.0. The number of nitrogens with one attached hydrogen (secondary N) is 1. The second kappa shape index (κ2) is 7.77. The Bertz CT molecular complexity index is 1020. The molecule has 28 heavy (non-hydrogen) atoms. The van der Waals surface area contributed by atoms with Crippen LogP contribution in [0.3, 0.4) is 0 Å². The molecule has 1 aliphatic heterocycles. The number of amides is 2. The van der Waals surface area contributed by atoms with Gasteiger partial charge in [-0.05, 0) is 43.2 Å². The van der Waals surface area contributed by atoms with Gasteiger partial charge in [0.05, 0.1) is 22.9 Å². The zero-order valence-electron chi connectivity index (χ0n) is 15.1. The fourth-order valence-electron chi connectivity index (χ4n) is 3.40. The van der Waals surface area contributed by atoms with E-state index in [2.05, 4.69) is 10.3 Å². The molecule has 3 aromatic rings. The SMILES string of the molecule is COc1ccc(Cl)cc1C(=O)N1CCC[C@H]1C(=O)Nc1nc2ccccc2s1. The molecule has 1 aliphatic rings. The number of para-hydroxylation sites is 1. The molecular formula is C20H18ClN3O3S. The maximum absolute atomic E-state index is 13.1. The highest BCUT2D eigenvalue weighted by Gasteiger charge is 2.36. The monoisotopic (exact) mass is 415 g/mol. The molecule has 0 unspecified atom stereocenters. The summed E-state index contributed by atoms with van der Waals surface area (Å²) >= 11 is 7.47. The molecule has 0 bridgehead atoms. The Labute approximate surface area is 171 Å². The molecule has 0 radical (unpaired) electrons. The van der Waals surface area contributed by atoms with Crippen LogP contribution in [-0.4, -0.2) is 41.4 Å². The number of carbonyl (C=O) groups excluding carboxylic acids is 2. The molecule has 144 valence electrons. The normalized spacial score (nSPS) is 16.4. The van der Waals surface area contributed by atoms with Crippen molar-refractivity contribution >= 4 is 50.1 Å². The molecule has 1 N–H and O–H groups in total. The van der Waals surface area contributed by atoms with E-state index in [0.717, 1.165) is 16.6 Å². The lowest BCUT2D eigenvalue weighted by atomic mass is 10.1. The van der Waals surface area contributed by atoms with Gasteiger partial charge in [-0.2, -0.15) is 0 Å². The largest absolute Gasteiger partial charge is 0.496 e. The summed E-state index contributed by atoms with van der Waals surface area (Å²) in [7, 11) is 1.50. The predicted molar refractivity (Wildman–Crippen MR) is 110 cm³/mol. The molecule has 1 saturated heterocycles. The van der Waals surface area contributed by atoms with Crippen molar-refractivity contribution in [1.29, 1.82) is 0 Å². The first kappa shape index (κ1) is 18.7. The standard InChI is InChI=1S/C20H18ClN3O3S/c1-27-16-9-8-12(21)11-13(16)19(26)24-10-4-6-15(24)18(25)23-20-22-14-5-2-3-7-17(14)28-20/h2-3,5,7-9,11,15H,4,6,10H2,1H3,(H,22,23,25)/t15-/m0/s1. The molecule has 4 rings (SSSR count). The van der Waals surface area contributed by atoms with E-state index >= 15 is 0 Å². The number of rotatable bonds is 4. The van der Waals surface area contributed by atoms with E-state index in [1.165, 1.54) is 18.4 Å². The molecule has 1 atom stereocenters. The lowest BCUT2D eigenvalue weighted by molar-refractivity contribution is -0.119. The second-order valence-corrected chi connectivity index (χ2v) is 7.94. The molecule has 2 amide bonds. The van der Waals surface area contributed by atoms with Crippen LogP contribution < -0.4 is 10.1 Å². The van der Waals surface area contributed by atoms with Gasteiger partial charge in [-0.1, -0.05) is 35.1 Å². The lowest BCUT2D eigenvalue weighted by Crippen LogP contribution is -2.43. The number of thiazole rings is 1. The van der Waals surface area contributed by atoms with E-state index < -0.39 is 6.04 Å². The maximum Gasteiger partial charge on any atom is 0.258 e. The number of halogens is 1. The maximum atomic E-state index is 13.1. The number of methoxy groups -OCH3 is 1. The van der Waals surface area contributed by atoms with Crippen molar-refractivity contribution in [2.45, 2.75) is 18.9 Å². The summed E-state index contributed by atoms with van der Waals surface area (Å²) in [6.07, 6.45) is 1.36. The Hall–Kier alpha value is -2.64. The number of ether oxygens (including phenoxy) is 1. The fourth-order valence-corrected chi connectivity index (χ4v) is 4.44. The van der Waals surface area contributed by atoms with Crippen LogP contribution in [0.2, 0.25) is 5.02 Å². The van der Waals surface area contributed by atoms with E-state index in [0.29, 0.717) is 34.4 Å². The van der Waals surface area contributed by atoms with Crippen molar-refractivity contribution in [1.82, 2.24) is 9.88 Å². The first-order valence-electron chi connectivity index (χ1n) is 8.88. The Morgan fingerprint density at radius 2 is 2.11 bits per heavy atom. The summed E-state index contributed by atoms with van der Waals surface area (Å²) in [5, 5.41) is 3.84.